The second kappa shape index (κ2) is 11.8. The maximum atomic E-state index is 13.0. The van der Waals surface area contributed by atoms with Crippen molar-refractivity contribution in [3.63, 3.8) is 0 Å². The van der Waals surface area contributed by atoms with Crippen molar-refractivity contribution in [3.05, 3.63) is 62.0 Å². The van der Waals surface area contributed by atoms with E-state index >= 15 is 0 Å². The summed E-state index contributed by atoms with van der Waals surface area (Å²) in [5, 5.41) is 8.41. The highest BCUT2D eigenvalue weighted by atomic mass is 79.9. The van der Waals surface area contributed by atoms with Gasteiger partial charge in [0.05, 0.1) is 11.1 Å². The minimum Gasteiger partial charge on any atom is -0.308 e. The Bertz CT molecular complexity index is 991. The lowest BCUT2D eigenvalue weighted by Crippen LogP contribution is -2.20. The van der Waals surface area contributed by atoms with Crippen molar-refractivity contribution in [1.29, 1.82) is 5.26 Å². The number of nitriles is 1. The fourth-order valence-corrected chi connectivity index (χ4v) is 4.76. The topological polar surface area (TPSA) is 39.1 Å². The molecule has 2 aromatic carbocycles. The monoisotopic (exact) mass is 617 g/mol. The van der Waals surface area contributed by atoms with Crippen molar-refractivity contribution in [1.82, 2.24) is 9.62 Å². The first-order valence-electron chi connectivity index (χ1n) is 9.61. The molecule has 0 unspecified atom stereocenters. The summed E-state index contributed by atoms with van der Waals surface area (Å²) in [6, 6.07) is 7.14. The van der Waals surface area contributed by atoms with Gasteiger partial charge in [-0.25, -0.2) is 0 Å². The maximum absolute atomic E-state index is 13.0. The summed E-state index contributed by atoms with van der Waals surface area (Å²) in [5.74, 6) is 0. The van der Waals surface area contributed by atoms with Crippen LogP contribution < -0.4 is 4.72 Å². The second-order valence-electron chi connectivity index (χ2n) is 7.15. The fourth-order valence-electron chi connectivity index (χ4n) is 3.02. The van der Waals surface area contributed by atoms with Crippen molar-refractivity contribution in [2.45, 2.75) is 49.6 Å². The zero-order valence-corrected chi connectivity index (χ0v) is 21.2. The molecule has 33 heavy (non-hydrogen) atoms. The predicted molar refractivity (Wildman–Crippen MR) is 122 cm³/mol. The van der Waals surface area contributed by atoms with Gasteiger partial charge in [0.1, 0.15) is 0 Å². The Morgan fingerprint density at radius 2 is 1.79 bits per heavy atom. The van der Waals surface area contributed by atoms with Gasteiger partial charge in [0.15, 0.2) is 6.19 Å². The van der Waals surface area contributed by atoms with E-state index in [4.69, 9.17) is 5.26 Å². The van der Waals surface area contributed by atoms with Gasteiger partial charge >= 0.3 is 12.4 Å². The minimum absolute atomic E-state index is 0.387. The van der Waals surface area contributed by atoms with Gasteiger partial charge in [-0.1, -0.05) is 15.9 Å². The number of alkyl halides is 6. The highest BCUT2D eigenvalue weighted by Gasteiger charge is 2.36. The molecule has 3 rings (SSSR count). The molecule has 12 heteroatoms. The van der Waals surface area contributed by atoms with E-state index in [1.165, 1.54) is 12.8 Å². The molecule has 180 valence electrons. The molecule has 1 aliphatic heterocycles. The zero-order valence-electron chi connectivity index (χ0n) is 17.2. The summed E-state index contributed by atoms with van der Waals surface area (Å²) < 4.78 is 81.5. The third kappa shape index (κ3) is 8.38. The lowest BCUT2D eigenvalue weighted by atomic mass is 10.0. The van der Waals surface area contributed by atoms with Crippen LogP contribution in [0.2, 0.25) is 0 Å². The normalized spacial score (nSPS) is 16.2. The number of hydrogen-bond acceptors (Lipinski definition) is 4. The van der Waals surface area contributed by atoms with E-state index in [1.54, 1.807) is 18.2 Å². The Morgan fingerprint density at radius 3 is 2.30 bits per heavy atom. The molecule has 3 nitrogen and oxygen atoms in total. The molecule has 0 radical (unpaired) electrons. The van der Waals surface area contributed by atoms with Gasteiger partial charge < -0.3 is 4.90 Å². The van der Waals surface area contributed by atoms with Crippen molar-refractivity contribution in [2.24, 2.45) is 0 Å². The lowest BCUT2D eigenvalue weighted by molar-refractivity contribution is -0.141. The smallest absolute Gasteiger partial charge is 0.308 e. The second-order valence-corrected chi connectivity index (χ2v) is 9.85. The molecule has 0 bridgehead atoms. The van der Waals surface area contributed by atoms with Crippen LogP contribution in [0.3, 0.4) is 0 Å². The molecule has 0 saturated carbocycles. The Morgan fingerprint density at radius 1 is 1.09 bits per heavy atom. The average molecular weight is 619 g/mol. The van der Waals surface area contributed by atoms with Crippen molar-refractivity contribution in [3.8, 4) is 6.19 Å². The molecule has 0 aromatic heterocycles. The Balaban J connectivity index is 0.000000405. The first-order chi connectivity index (χ1) is 15.3. The number of benzene rings is 2. The van der Waals surface area contributed by atoms with Crippen LogP contribution in [0.5, 0.6) is 0 Å². The van der Waals surface area contributed by atoms with E-state index in [0.29, 0.717) is 33.6 Å². The first-order valence-corrected chi connectivity index (χ1v) is 12.0. The standard InChI is InChI=1S/C15H9Br2F6NS.C6H10N2/c16-10-2-4-12(17)13(6-10)25-24-7-8-5-9(14(18,19)20)1-3-11(8)15(21,22)23;1-6-3-2-4-8(6)5-7/h1-6,24H,7H2;6H,2-4H2,1H3/t;6-/m.0/s1. The summed E-state index contributed by atoms with van der Waals surface area (Å²) in [6.45, 7) is 2.68. The highest BCUT2D eigenvalue weighted by Crippen LogP contribution is 2.37. The fraction of sp³-hybridized carbons (Fsp3) is 0.381. The van der Waals surface area contributed by atoms with E-state index in [9.17, 15) is 26.3 Å². The lowest BCUT2D eigenvalue weighted by Gasteiger charge is -2.16. The van der Waals surface area contributed by atoms with Crippen LogP contribution in [0.15, 0.2) is 50.2 Å². The van der Waals surface area contributed by atoms with E-state index in [1.807, 2.05) is 4.90 Å². The largest absolute Gasteiger partial charge is 0.416 e. The Hall–Kier alpha value is -1.42. The molecule has 1 fully saturated rings. The molecular weight excluding hydrogens is 600 g/mol. The number of nitrogens with one attached hydrogen (secondary N) is 1. The van der Waals surface area contributed by atoms with Crippen LogP contribution in [0, 0.1) is 11.5 Å². The SMILES string of the molecule is C[C@H]1CCCN1C#N.FC(F)(F)c1ccc(C(F)(F)F)c(CNSc2cc(Br)ccc2Br)c1. The summed E-state index contributed by atoms with van der Waals surface area (Å²) >= 11 is 7.57. The van der Waals surface area contributed by atoms with Crippen molar-refractivity contribution >= 4 is 43.8 Å². The van der Waals surface area contributed by atoms with E-state index in [2.05, 4.69) is 49.7 Å². The van der Waals surface area contributed by atoms with Crippen LogP contribution in [-0.2, 0) is 18.9 Å². The van der Waals surface area contributed by atoms with E-state index in [0.717, 1.165) is 23.0 Å². The summed E-state index contributed by atoms with van der Waals surface area (Å²) in [6.07, 6.45) is -4.92. The number of rotatable bonds is 4. The molecule has 0 spiro atoms. The quantitative estimate of drug-likeness (QED) is 0.214. The first kappa shape index (κ1) is 27.8. The molecular formula is C21H19Br2F6N3S. The van der Waals surface area contributed by atoms with Crippen molar-refractivity contribution in [2.75, 3.05) is 6.54 Å². The van der Waals surface area contributed by atoms with Gasteiger partial charge in [0.25, 0.3) is 0 Å². The zero-order chi connectivity index (χ0) is 24.8. The molecule has 2 aromatic rings. The molecule has 1 heterocycles. The molecule has 1 N–H and O–H groups in total. The molecule has 0 aliphatic carbocycles. The summed E-state index contributed by atoms with van der Waals surface area (Å²) in [7, 11) is 0. The number of likely N-dealkylation sites (tertiary alicyclic amines) is 1. The van der Waals surface area contributed by atoms with Gasteiger partial charge in [-0.15, -0.1) is 0 Å². The Kier molecular flexibility index (Phi) is 9.96. The van der Waals surface area contributed by atoms with Crippen molar-refractivity contribution < 1.29 is 26.3 Å². The highest BCUT2D eigenvalue weighted by molar-refractivity contribution is 9.11. The molecule has 1 aliphatic rings. The third-order valence-electron chi connectivity index (χ3n) is 4.76. The number of halogens is 8. The third-order valence-corrected chi connectivity index (χ3v) is 7.05. The predicted octanol–water partition coefficient (Wildman–Crippen LogP) is 8.00. The molecule has 1 saturated heterocycles. The van der Waals surface area contributed by atoms with Crippen LogP contribution in [-0.4, -0.2) is 17.5 Å². The Labute approximate surface area is 208 Å². The van der Waals surface area contributed by atoms with Gasteiger partial charge in [-0.3, -0.25) is 4.72 Å². The van der Waals surface area contributed by atoms with Gasteiger partial charge in [0.2, 0.25) is 0 Å². The van der Waals surface area contributed by atoms with E-state index in [-0.39, 0.29) is 6.54 Å². The van der Waals surface area contributed by atoms with Crippen LogP contribution in [0.1, 0.15) is 36.5 Å². The van der Waals surface area contributed by atoms with Crippen LogP contribution >= 0.6 is 43.8 Å². The molecule has 1 atom stereocenters. The van der Waals surface area contributed by atoms with Crippen LogP contribution in [0.25, 0.3) is 0 Å². The summed E-state index contributed by atoms with van der Waals surface area (Å²) in [4.78, 5) is 2.51. The average Bonchev–Trinajstić information content (AvgIpc) is 3.14. The van der Waals surface area contributed by atoms with Gasteiger partial charge in [-0.05, 0) is 89.6 Å². The number of hydrogen-bond donors (Lipinski definition) is 1. The summed E-state index contributed by atoms with van der Waals surface area (Å²) in [5.41, 5.74) is -2.69. The van der Waals surface area contributed by atoms with Gasteiger partial charge in [0, 0.05) is 33.0 Å². The molecule has 0 amide bonds. The van der Waals surface area contributed by atoms with E-state index < -0.39 is 29.0 Å². The maximum Gasteiger partial charge on any atom is 0.416 e. The van der Waals surface area contributed by atoms with Gasteiger partial charge in [-0.2, -0.15) is 31.6 Å². The minimum atomic E-state index is -4.73. The number of nitrogens with zero attached hydrogens (tertiary/aromatic N) is 2. The van der Waals surface area contributed by atoms with Crippen LogP contribution in [0.4, 0.5) is 26.3 Å².